The Morgan fingerprint density at radius 3 is 2.50 bits per heavy atom. The lowest BCUT2D eigenvalue weighted by molar-refractivity contribution is -0.121. The average Bonchev–Trinajstić information content (AvgIpc) is 3.16. The Morgan fingerprint density at radius 2 is 1.92 bits per heavy atom. The standard InChI is InChI=1S/C17H20N2O3S2/c1-19(24(21,22)16-8-5-11-23-16)12-15(20)18-13-17(9-10-17)14-6-3-2-4-7-14/h2-8,11H,9-10,12-13H2,1H3,(H,18,20). The molecule has 1 N–H and O–H groups in total. The van der Waals surface area contributed by atoms with Gasteiger partial charge in [-0.15, -0.1) is 11.3 Å². The Kier molecular flexibility index (Phi) is 4.76. The first-order valence-corrected chi connectivity index (χ1v) is 10.1. The number of carbonyl (C=O) groups excluding carboxylic acids is 1. The fourth-order valence-electron chi connectivity index (χ4n) is 2.68. The van der Waals surface area contributed by atoms with Crippen molar-refractivity contribution in [1.82, 2.24) is 9.62 Å². The van der Waals surface area contributed by atoms with E-state index in [9.17, 15) is 13.2 Å². The van der Waals surface area contributed by atoms with Crippen molar-refractivity contribution >= 4 is 27.3 Å². The van der Waals surface area contributed by atoms with Crippen LogP contribution in [-0.2, 0) is 20.2 Å². The number of carbonyl (C=O) groups is 1. The summed E-state index contributed by atoms with van der Waals surface area (Å²) in [5, 5.41) is 4.60. The first-order valence-electron chi connectivity index (χ1n) is 7.76. The van der Waals surface area contributed by atoms with Gasteiger partial charge in [0.25, 0.3) is 10.0 Å². The van der Waals surface area contributed by atoms with Gasteiger partial charge >= 0.3 is 0 Å². The third kappa shape index (κ3) is 3.53. The van der Waals surface area contributed by atoms with E-state index in [2.05, 4.69) is 17.4 Å². The molecule has 1 aromatic carbocycles. The fourth-order valence-corrected chi connectivity index (χ4v) is 5.01. The van der Waals surface area contributed by atoms with Crippen molar-refractivity contribution in [3.8, 4) is 0 Å². The zero-order valence-corrected chi connectivity index (χ0v) is 15.1. The number of rotatable bonds is 7. The molecular weight excluding hydrogens is 344 g/mol. The highest BCUT2D eigenvalue weighted by Crippen LogP contribution is 2.47. The topological polar surface area (TPSA) is 66.5 Å². The lowest BCUT2D eigenvalue weighted by Crippen LogP contribution is -2.40. The quantitative estimate of drug-likeness (QED) is 0.819. The SMILES string of the molecule is CN(CC(=O)NCC1(c2ccccc2)CC1)S(=O)(=O)c1cccs1. The number of nitrogens with zero attached hydrogens (tertiary/aromatic N) is 1. The van der Waals surface area contributed by atoms with Gasteiger partial charge in [-0.05, 0) is 29.9 Å². The maximum atomic E-state index is 12.3. The van der Waals surface area contributed by atoms with Crippen LogP contribution in [0.4, 0.5) is 0 Å². The van der Waals surface area contributed by atoms with Crippen LogP contribution in [0.2, 0.25) is 0 Å². The van der Waals surface area contributed by atoms with E-state index in [4.69, 9.17) is 0 Å². The molecular formula is C17H20N2O3S2. The molecule has 128 valence electrons. The summed E-state index contributed by atoms with van der Waals surface area (Å²) < 4.78 is 26.0. The molecule has 2 aromatic rings. The van der Waals surface area contributed by atoms with Gasteiger partial charge in [0.2, 0.25) is 5.91 Å². The van der Waals surface area contributed by atoms with Crippen molar-refractivity contribution in [2.24, 2.45) is 0 Å². The highest BCUT2D eigenvalue weighted by Gasteiger charge is 2.44. The minimum Gasteiger partial charge on any atom is -0.354 e. The third-order valence-electron chi connectivity index (χ3n) is 4.39. The second-order valence-corrected chi connectivity index (χ2v) is 9.34. The lowest BCUT2D eigenvalue weighted by Gasteiger charge is -2.19. The van der Waals surface area contributed by atoms with Crippen LogP contribution < -0.4 is 5.32 Å². The monoisotopic (exact) mass is 364 g/mol. The van der Waals surface area contributed by atoms with Gasteiger partial charge in [-0.2, -0.15) is 4.31 Å². The Bertz CT molecular complexity index is 798. The summed E-state index contributed by atoms with van der Waals surface area (Å²) in [6.07, 6.45) is 2.08. The van der Waals surface area contributed by atoms with E-state index in [1.54, 1.807) is 17.5 Å². The molecule has 1 heterocycles. The Balaban J connectivity index is 1.57. The van der Waals surface area contributed by atoms with Crippen molar-refractivity contribution in [3.63, 3.8) is 0 Å². The molecule has 0 spiro atoms. The van der Waals surface area contributed by atoms with Gasteiger partial charge in [0.1, 0.15) is 4.21 Å². The number of hydrogen-bond donors (Lipinski definition) is 1. The van der Waals surface area contributed by atoms with Crippen LogP contribution in [0.5, 0.6) is 0 Å². The summed E-state index contributed by atoms with van der Waals surface area (Å²) in [5.74, 6) is -0.278. The summed E-state index contributed by atoms with van der Waals surface area (Å²) in [4.78, 5) is 12.2. The summed E-state index contributed by atoms with van der Waals surface area (Å²) in [5.41, 5.74) is 1.24. The van der Waals surface area contributed by atoms with Gasteiger partial charge in [0, 0.05) is 19.0 Å². The van der Waals surface area contributed by atoms with Crippen LogP contribution in [-0.4, -0.2) is 38.8 Å². The van der Waals surface area contributed by atoms with Crippen LogP contribution in [0.3, 0.4) is 0 Å². The first kappa shape index (κ1) is 17.1. The molecule has 3 rings (SSSR count). The highest BCUT2D eigenvalue weighted by atomic mass is 32.2. The van der Waals surface area contributed by atoms with Gasteiger partial charge < -0.3 is 5.32 Å². The van der Waals surface area contributed by atoms with E-state index < -0.39 is 10.0 Å². The molecule has 0 bridgehead atoms. The zero-order valence-electron chi connectivity index (χ0n) is 13.4. The molecule has 0 aliphatic heterocycles. The van der Waals surface area contributed by atoms with Gasteiger partial charge in [0.15, 0.2) is 0 Å². The number of likely N-dealkylation sites (N-methyl/N-ethyl adjacent to an activating group) is 1. The van der Waals surface area contributed by atoms with Crippen LogP contribution in [0.25, 0.3) is 0 Å². The highest BCUT2D eigenvalue weighted by molar-refractivity contribution is 7.91. The fraction of sp³-hybridized carbons (Fsp3) is 0.353. The summed E-state index contributed by atoms with van der Waals surface area (Å²) in [7, 11) is -2.16. The molecule has 1 aliphatic carbocycles. The molecule has 24 heavy (non-hydrogen) atoms. The molecule has 5 nitrogen and oxygen atoms in total. The largest absolute Gasteiger partial charge is 0.354 e. The number of nitrogens with one attached hydrogen (secondary N) is 1. The Labute approximate surface area is 146 Å². The van der Waals surface area contributed by atoms with Crippen molar-refractivity contribution in [3.05, 3.63) is 53.4 Å². The number of thiophene rings is 1. The molecule has 0 unspecified atom stereocenters. The van der Waals surface area contributed by atoms with E-state index in [1.807, 2.05) is 18.2 Å². The molecule has 1 amide bonds. The zero-order chi connectivity index (χ0) is 17.2. The molecule has 0 atom stereocenters. The van der Waals surface area contributed by atoms with Crippen molar-refractivity contribution in [2.75, 3.05) is 20.1 Å². The van der Waals surface area contributed by atoms with E-state index in [-0.39, 0.29) is 22.1 Å². The number of hydrogen-bond acceptors (Lipinski definition) is 4. The van der Waals surface area contributed by atoms with E-state index in [0.717, 1.165) is 28.5 Å². The van der Waals surface area contributed by atoms with Gasteiger partial charge in [-0.25, -0.2) is 8.42 Å². The smallest absolute Gasteiger partial charge is 0.252 e. The van der Waals surface area contributed by atoms with Crippen molar-refractivity contribution in [1.29, 1.82) is 0 Å². The molecule has 1 saturated carbocycles. The first-order chi connectivity index (χ1) is 11.4. The Morgan fingerprint density at radius 1 is 1.21 bits per heavy atom. The normalized spacial score (nSPS) is 16.1. The molecule has 1 aromatic heterocycles. The summed E-state index contributed by atoms with van der Waals surface area (Å²) in [6, 6.07) is 13.4. The van der Waals surface area contributed by atoms with Crippen molar-refractivity contribution < 1.29 is 13.2 Å². The van der Waals surface area contributed by atoms with Gasteiger partial charge in [0.05, 0.1) is 6.54 Å². The lowest BCUT2D eigenvalue weighted by atomic mass is 9.96. The maximum Gasteiger partial charge on any atom is 0.252 e. The second kappa shape index (κ2) is 6.66. The molecule has 0 radical (unpaired) electrons. The van der Waals surface area contributed by atoms with Gasteiger partial charge in [-0.1, -0.05) is 36.4 Å². The number of amides is 1. The Hall–Kier alpha value is -1.70. The summed E-state index contributed by atoms with van der Waals surface area (Å²) >= 11 is 1.15. The summed E-state index contributed by atoms with van der Waals surface area (Å²) in [6.45, 7) is 0.369. The van der Waals surface area contributed by atoms with Crippen LogP contribution in [0.1, 0.15) is 18.4 Å². The average molecular weight is 364 g/mol. The van der Waals surface area contributed by atoms with Crippen LogP contribution >= 0.6 is 11.3 Å². The van der Waals surface area contributed by atoms with Gasteiger partial charge in [-0.3, -0.25) is 4.79 Å². The predicted octanol–water partition coefficient (Wildman–Crippen LogP) is 2.22. The molecule has 1 fully saturated rings. The van der Waals surface area contributed by atoms with E-state index in [0.29, 0.717) is 6.54 Å². The second-order valence-electron chi connectivity index (χ2n) is 6.12. The number of benzene rings is 1. The van der Waals surface area contributed by atoms with E-state index in [1.165, 1.54) is 12.6 Å². The minimum absolute atomic E-state index is 0.0160. The number of sulfonamides is 1. The molecule has 1 aliphatic rings. The molecule has 7 heteroatoms. The third-order valence-corrected chi connectivity index (χ3v) is 7.57. The molecule has 0 saturated heterocycles. The minimum atomic E-state index is -3.59. The predicted molar refractivity (Wildman–Crippen MR) is 94.5 cm³/mol. The van der Waals surface area contributed by atoms with E-state index >= 15 is 0 Å². The van der Waals surface area contributed by atoms with Crippen molar-refractivity contribution in [2.45, 2.75) is 22.5 Å². The van der Waals surface area contributed by atoms with Crippen LogP contribution in [0, 0.1) is 0 Å². The van der Waals surface area contributed by atoms with Crippen LogP contribution in [0.15, 0.2) is 52.1 Å². The maximum absolute atomic E-state index is 12.3.